The van der Waals surface area contributed by atoms with Crippen molar-refractivity contribution in [3.8, 4) is 22.6 Å². The largest absolute Gasteiger partial charge is 0.334 e. The number of hydrogen-bond acceptors (Lipinski definition) is 6. The molecule has 148 valence electrons. The van der Waals surface area contributed by atoms with Gasteiger partial charge in [0, 0.05) is 16.5 Å². The van der Waals surface area contributed by atoms with Gasteiger partial charge < -0.3 is 4.52 Å². The lowest BCUT2D eigenvalue weighted by Crippen LogP contribution is -2.21. The lowest BCUT2D eigenvalue weighted by Gasteiger charge is -2.04. The van der Waals surface area contributed by atoms with Gasteiger partial charge >= 0.3 is 0 Å². The second-order valence-electron chi connectivity index (χ2n) is 7.25. The molecule has 5 aromatic rings. The molecule has 0 atom stereocenters. The van der Waals surface area contributed by atoms with E-state index in [0.717, 1.165) is 27.1 Å². The molecular weight excluding hydrogens is 396 g/mol. The van der Waals surface area contributed by atoms with Crippen LogP contribution in [-0.2, 0) is 6.54 Å². The van der Waals surface area contributed by atoms with Gasteiger partial charge in [0.05, 0.1) is 18.3 Å². The van der Waals surface area contributed by atoms with Crippen molar-refractivity contribution in [2.45, 2.75) is 20.4 Å². The molecule has 0 N–H and O–H groups in total. The van der Waals surface area contributed by atoms with Gasteiger partial charge in [-0.3, -0.25) is 9.36 Å². The number of aromatic nitrogens is 4. The van der Waals surface area contributed by atoms with Gasteiger partial charge in [-0.2, -0.15) is 4.98 Å². The maximum Gasteiger partial charge on any atom is 0.263 e. The van der Waals surface area contributed by atoms with Crippen LogP contribution in [0.15, 0.2) is 69.6 Å². The lowest BCUT2D eigenvalue weighted by atomic mass is 10.1. The van der Waals surface area contributed by atoms with Gasteiger partial charge in [0.2, 0.25) is 0 Å². The summed E-state index contributed by atoms with van der Waals surface area (Å²) in [4.78, 5) is 22.8. The molecule has 0 aliphatic heterocycles. The molecular formula is C23H18N4O2S. The van der Waals surface area contributed by atoms with E-state index >= 15 is 0 Å². The van der Waals surface area contributed by atoms with E-state index in [4.69, 9.17) is 4.52 Å². The fraction of sp³-hybridized carbons (Fsp3) is 0.130. The maximum absolute atomic E-state index is 13.2. The first-order valence-electron chi connectivity index (χ1n) is 9.52. The van der Waals surface area contributed by atoms with E-state index < -0.39 is 0 Å². The summed E-state index contributed by atoms with van der Waals surface area (Å²) in [5.41, 5.74) is 4.97. The van der Waals surface area contributed by atoms with Gasteiger partial charge in [0.25, 0.3) is 11.4 Å². The zero-order valence-corrected chi connectivity index (χ0v) is 17.3. The fourth-order valence-electron chi connectivity index (χ4n) is 3.31. The van der Waals surface area contributed by atoms with Crippen LogP contribution >= 0.6 is 11.3 Å². The summed E-state index contributed by atoms with van der Waals surface area (Å²) in [6.07, 6.45) is 1.54. The van der Waals surface area contributed by atoms with Crippen molar-refractivity contribution >= 4 is 21.6 Å². The molecule has 0 aliphatic rings. The van der Waals surface area contributed by atoms with E-state index in [2.05, 4.69) is 15.1 Å². The molecule has 3 aromatic heterocycles. The van der Waals surface area contributed by atoms with Crippen molar-refractivity contribution in [1.82, 2.24) is 19.7 Å². The number of benzene rings is 2. The molecule has 0 saturated heterocycles. The first kappa shape index (κ1) is 18.4. The van der Waals surface area contributed by atoms with E-state index in [1.165, 1.54) is 21.5 Å². The third-order valence-corrected chi connectivity index (χ3v) is 5.89. The van der Waals surface area contributed by atoms with Gasteiger partial charge in [-0.1, -0.05) is 52.7 Å². The molecule has 0 fully saturated rings. The van der Waals surface area contributed by atoms with Crippen molar-refractivity contribution in [2.75, 3.05) is 0 Å². The summed E-state index contributed by atoms with van der Waals surface area (Å²) in [7, 11) is 0. The summed E-state index contributed by atoms with van der Waals surface area (Å²) >= 11 is 1.47. The molecule has 6 nitrogen and oxygen atoms in total. The molecule has 0 amide bonds. The molecule has 7 heteroatoms. The molecule has 3 heterocycles. The van der Waals surface area contributed by atoms with Gasteiger partial charge in [0.15, 0.2) is 5.82 Å². The number of fused-ring (bicyclic) bond motifs is 1. The van der Waals surface area contributed by atoms with E-state index in [1.54, 1.807) is 6.33 Å². The van der Waals surface area contributed by atoms with Crippen LogP contribution in [-0.4, -0.2) is 19.7 Å². The first-order chi connectivity index (χ1) is 14.6. The van der Waals surface area contributed by atoms with E-state index in [9.17, 15) is 4.79 Å². The monoisotopic (exact) mass is 414 g/mol. The Kier molecular flexibility index (Phi) is 4.52. The number of hydrogen-bond donors (Lipinski definition) is 0. The SMILES string of the molecule is Cc1ccc(-c2nc(Cn3cnc4scc(-c5ccc(C)cc5)c4c3=O)no2)cc1. The highest BCUT2D eigenvalue weighted by Crippen LogP contribution is 2.30. The summed E-state index contributed by atoms with van der Waals surface area (Å²) < 4.78 is 6.91. The Labute approximate surface area is 176 Å². The van der Waals surface area contributed by atoms with Crippen LogP contribution in [0.5, 0.6) is 0 Å². The maximum atomic E-state index is 13.2. The molecule has 0 radical (unpaired) electrons. The number of aryl methyl sites for hydroxylation is 2. The quantitative estimate of drug-likeness (QED) is 0.421. The van der Waals surface area contributed by atoms with Gasteiger partial charge in [-0.05, 0) is 31.5 Å². The Hall–Kier alpha value is -3.58. The predicted molar refractivity (Wildman–Crippen MR) is 118 cm³/mol. The smallest absolute Gasteiger partial charge is 0.263 e. The second-order valence-corrected chi connectivity index (χ2v) is 8.11. The van der Waals surface area contributed by atoms with E-state index in [-0.39, 0.29) is 12.1 Å². The Balaban J connectivity index is 1.50. The molecule has 0 saturated carbocycles. The van der Waals surface area contributed by atoms with Crippen LogP contribution in [0.1, 0.15) is 17.0 Å². The van der Waals surface area contributed by atoms with Crippen LogP contribution in [0.25, 0.3) is 32.8 Å². The van der Waals surface area contributed by atoms with Gasteiger partial charge in [-0.25, -0.2) is 4.98 Å². The topological polar surface area (TPSA) is 73.8 Å². The second kappa shape index (κ2) is 7.35. The zero-order chi connectivity index (χ0) is 20.7. The van der Waals surface area contributed by atoms with Crippen molar-refractivity contribution in [3.05, 3.63) is 87.5 Å². The zero-order valence-electron chi connectivity index (χ0n) is 16.5. The van der Waals surface area contributed by atoms with Crippen LogP contribution < -0.4 is 5.56 Å². The molecule has 0 aliphatic carbocycles. The molecule has 2 aromatic carbocycles. The third kappa shape index (κ3) is 3.33. The minimum atomic E-state index is -0.112. The van der Waals surface area contributed by atoms with Gasteiger partial charge in [-0.15, -0.1) is 11.3 Å². The summed E-state index contributed by atoms with van der Waals surface area (Å²) in [6.45, 7) is 4.26. The standard InChI is InChI=1S/C23H18N4O2S/c1-14-3-7-16(8-4-14)18-12-30-22-20(18)23(28)27(13-24-22)11-19-25-21(29-26-19)17-9-5-15(2)6-10-17/h3-10,12-13H,11H2,1-2H3. The van der Waals surface area contributed by atoms with Crippen molar-refractivity contribution in [3.63, 3.8) is 0 Å². The minimum Gasteiger partial charge on any atom is -0.334 e. The summed E-state index contributed by atoms with van der Waals surface area (Å²) in [5.74, 6) is 0.865. The average Bonchev–Trinajstić information content (AvgIpc) is 3.39. The number of thiophene rings is 1. The Morgan fingerprint density at radius 2 is 1.63 bits per heavy atom. The molecule has 0 spiro atoms. The molecule has 0 unspecified atom stereocenters. The molecule has 5 rings (SSSR count). The highest BCUT2D eigenvalue weighted by molar-refractivity contribution is 7.17. The van der Waals surface area contributed by atoms with E-state index in [0.29, 0.717) is 17.1 Å². The Morgan fingerprint density at radius 1 is 0.967 bits per heavy atom. The molecule has 30 heavy (non-hydrogen) atoms. The van der Waals surface area contributed by atoms with Crippen molar-refractivity contribution in [2.24, 2.45) is 0 Å². The highest BCUT2D eigenvalue weighted by atomic mass is 32.1. The average molecular weight is 414 g/mol. The Morgan fingerprint density at radius 3 is 2.33 bits per heavy atom. The molecule has 0 bridgehead atoms. The number of nitrogens with zero attached hydrogens (tertiary/aromatic N) is 4. The Bertz CT molecular complexity index is 1400. The van der Waals surface area contributed by atoms with E-state index in [1.807, 2.05) is 67.8 Å². The van der Waals surface area contributed by atoms with Gasteiger partial charge in [0.1, 0.15) is 4.83 Å². The lowest BCUT2D eigenvalue weighted by molar-refractivity contribution is 0.420. The highest BCUT2D eigenvalue weighted by Gasteiger charge is 2.15. The van der Waals surface area contributed by atoms with Crippen molar-refractivity contribution in [1.29, 1.82) is 0 Å². The predicted octanol–water partition coefficient (Wildman–Crippen LogP) is 4.84. The fourth-order valence-corrected chi connectivity index (χ4v) is 4.22. The third-order valence-electron chi connectivity index (χ3n) is 5.00. The van der Waals surface area contributed by atoms with Crippen LogP contribution in [0.4, 0.5) is 0 Å². The van der Waals surface area contributed by atoms with Crippen LogP contribution in [0.2, 0.25) is 0 Å². The normalized spacial score (nSPS) is 11.3. The minimum absolute atomic E-state index is 0.112. The van der Waals surface area contributed by atoms with Crippen molar-refractivity contribution < 1.29 is 4.52 Å². The van der Waals surface area contributed by atoms with Crippen LogP contribution in [0.3, 0.4) is 0 Å². The number of rotatable bonds is 4. The summed E-state index contributed by atoms with van der Waals surface area (Å²) in [6, 6.07) is 16.0. The first-order valence-corrected chi connectivity index (χ1v) is 10.4. The summed E-state index contributed by atoms with van der Waals surface area (Å²) in [5, 5.41) is 6.64. The van der Waals surface area contributed by atoms with Crippen LogP contribution in [0, 0.1) is 13.8 Å².